The summed E-state index contributed by atoms with van der Waals surface area (Å²) < 4.78 is 28.8. The zero-order chi connectivity index (χ0) is 22.0. The van der Waals surface area contributed by atoms with Gasteiger partial charge in [-0.15, -0.1) is 0 Å². The molecule has 6 nitrogen and oxygen atoms in total. The highest BCUT2D eigenvalue weighted by molar-refractivity contribution is 5.74. The van der Waals surface area contributed by atoms with E-state index >= 15 is 0 Å². The van der Waals surface area contributed by atoms with E-state index in [1.807, 2.05) is 0 Å². The Hall–Kier alpha value is -2.71. The zero-order valence-corrected chi connectivity index (χ0v) is 17.5. The Labute approximate surface area is 179 Å². The molecule has 0 amide bonds. The van der Waals surface area contributed by atoms with Crippen molar-refractivity contribution in [3.63, 3.8) is 0 Å². The van der Waals surface area contributed by atoms with Gasteiger partial charge in [0.2, 0.25) is 0 Å². The van der Waals surface area contributed by atoms with Gasteiger partial charge in [-0.1, -0.05) is 0 Å². The minimum absolute atomic E-state index is 0.138. The first-order valence-corrected chi connectivity index (χ1v) is 10.6. The van der Waals surface area contributed by atoms with Crippen molar-refractivity contribution in [2.24, 2.45) is 5.92 Å². The SMILES string of the molecule is Cc1ncc(CC[C@H]2CCN(CCn3c(=O)ccc4ncc(F)cc43)C[C@H]2O)cc1F. The first-order chi connectivity index (χ1) is 14.9. The maximum atomic E-state index is 13.7. The van der Waals surface area contributed by atoms with E-state index in [0.717, 1.165) is 31.1 Å². The molecule has 0 unspecified atom stereocenters. The van der Waals surface area contributed by atoms with Crippen LogP contribution in [-0.2, 0) is 13.0 Å². The Bertz CT molecular complexity index is 1130. The third kappa shape index (κ3) is 4.97. The summed E-state index contributed by atoms with van der Waals surface area (Å²) in [6.07, 6.45) is 4.62. The summed E-state index contributed by atoms with van der Waals surface area (Å²) in [4.78, 5) is 22.5. The normalized spacial score (nSPS) is 19.7. The van der Waals surface area contributed by atoms with Crippen LogP contribution in [0.15, 0.2) is 41.5 Å². The van der Waals surface area contributed by atoms with Gasteiger partial charge in [0, 0.05) is 38.0 Å². The lowest BCUT2D eigenvalue weighted by Gasteiger charge is -2.36. The number of rotatable bonds is 6. The van der Waals surface area contributed by atoms with E-state index in [1.54, 1.807) is 19.2 Å². The molecule has 1 fully saturated rings. The summed E-state index contributed by atoms with van der Waals surface area (Å²) in [6.45, 7) is 3.92. The molecule has 0 aliphatic carbocycles. The average molecular weight is 428 g/mol. The first-order valence-electron chi connectivity index (χ1n) is 10.6. The van der Waals surface area contributed by atoms with Crippen LogP contribution >= 0.6 is 0 Å². The van der Waals surface area contributed by atoms with Gasteiger partial charge in [0.25, 0.3) is 5.56 Å². The highest BCUT2D eigenvalue weighted by Gasteiger charge is 2.27. The van der Waals surface area contributed by atoms with E-state index in [1.165, 1.54) is 22.8 Å². The fourth-order valence-corrected chi connectivity index (χ4v) is 4.23. The standard InChI is InChI=1S/C23H26F2N4O2/c1-15-19(25)10-16(12-26-15)2-3-17-6-7-28(14-22(17)30)8-9-29-21-11-18(24)13-27-20(21)4-5-23(29)31/h4-5,10-13,17,22,30H,2-3,6-9,14H2,1H3/t17-,22+/m0/s1. The molecule has 3 aromatic rings. The quantitative estimate of drug-likeness (QED) is 0.654. The second-order valence-electron chi connectivity index (χ2n) is 8.25. The van der Waals surface area contributed by atoms with E-state index in [-0.39, 0.29) is 17.3 Å². The van der Waals surface area contributed by atoms with Crippen molar-refractivity contribution in [1.82, 2.24) is 19.4 Å². The number of aromatic nitrogens is 3. The number of nitrogens with zero attached hydrogens (tertiary/aromatic N) is 4. The Morgan fingerprint density at radius 2 is 2.00 bits per heavy atom. The second kappa shape index (κ2) is 9.20. The van der Waals surface area contributed by atoms with Gasteiger partial charge in [-0.25, -0.2) is 8.78 Å². The molecule has 0 bridgehead atoms. The van der Waals surface area contributed by atoms with Crippen molar-refractivity contribution in [3.05, 3.63) is 69.9 Å². The smallest absolute Gasteiger partial charge is 0.251 e. The van der Waals surface area contributed by atoms with E-state index < -0.39 is 11.9 Å². The highest BCUT2D eigenvalue weighted by atomic mass is 19.1. The number of halogens is 2. The summed E-state index contributed by atoms with van der Waals surface area (Å²) >= 11 is 0. The van der Waals surface area contributed by atoms with Crippen molar-refractivity contribution in [3.8, 4) is 0 Å². The number of aryl methyl sites for hydroxylation is 2. The van der Waals surface area contributed by atoms with Crippen molar-refractivity contribution >= 4 is 11.0 Å². The van der Waals surface area contributed by atoms with Crippen LogP contribution in [0.5, 0.6) is 0 Å². The number of aliphatic hydroxyl groups is 1. The minimum atomic E-state index is -0.486. The molecule has 0 spiro atoms. The van der Waals surface area contributed by atoms with Crippen LogP contribution < -0.4 is 5.56 Å². The summed E-state index contributed by atoms with van der Waals surface area (Å²) in [5, 5.41) is 10.6. The fraction of sp³-hybridized carbons (Fsp3) is 0.435. The van der Waals surface area contributed by atoms with Crippen LogP contribution in [0.4, 0.5) is 8.78 Å². The number of aliphatic hydroxyl groups excluding tert-OH is 1. The van der Waals surface area contributed by atoms with Crippen LogP contribution in [0.3, 0.4) is 0 Å². The number of hydrogen-bond acceptors (Lipinski definition) is 5. The second-order valence-corrected chi connectivity index (χ2v) is 8.25. The zero-order valence-electron chi connectivity index (χ0n) is 17.5. The summed E-state index contributed by atoms with van der Waals surface area (Å²) in [5.74, 6) is -0.641. The number of piperidine rings is 1. The van der Waals surface area contributed by atoms with Crippen LogP contribution in [-0.4, -0.2) is 50.3 Å². The van der Waals surface area contributed by atoms with Gasteiger partial charge in [0.1, 0.15) is 11.6 Å². The van der Waals surface area contributed by atoms with Crippen molar-refractivity contribution in [1.29, 1.82) is 0 Å². The van der Waals surface area contributed by atoms with Gasteiger partial charge in [-0.05, 0) is 56.3 Å². The topological polar surface area (TPSA) is 71.2 Å². The summed E-state index contributed by atoms with van der Waals surface area (Å²) in [7, 11) is 0. The summed E-state index contributed by atoms with van der Waals surface area (Å²) in [5.41, 5.74) is 2.08. The number of likely N-dealkylation sites (tertiary alicyclic amines) is 1. The van der Waals surface area contributed by atoms with Crippen molar-refractivity contribution in [2.45, 2.75) is 38.8 Å². The van der Waals surface area contributed by atoms with Gasteiger partial charge < -0.3 is 9.67 Å². The fourth-order valence-electron chi connectivity index (χ4n) is 4.23. The number of pyridine rings is 3. The molecule has 31 heavy (non-hydrogen) atoms. The molecular formula is C23H26F2N4O2. The first kappa shape index (κ1) is 21.5. The van der Waals surface area contributed by atoms with Crippen LogP contribution in [0.1, 0.15) is 24.1 Å². The Morgan fingerprint density at radius 1 is 1.16 bits per heavy atom. The third-order valence-electron chi connectivity index (χ3n) is 6.14. The predicted octanol–water partition coefficient (Wildman–Crippen LogP) is 2.69. The van der Waals surface area contributed by atoms with E-state index in [4.69, 9.17) is 0 Å². The molecule has 2 atom stereocenters. The van der Waals surface area contributed by atoms with Crippen molar-refractivity contribution in [2.75, 3.05) is 19.6 Å². The number of fused-ring (bicyclic) bond motifs is 1. The minimum Gasteiger partial charge on any atom is -0.392 e. The highest BCUT2D eigenvalue weighted by Crippen LogP contribution is 2.23. The van der Waals surface area contributed by atoms with E-state index in [9.17, 15) is 18.7 Å². The number of hydrogen-bond donors (Lipinski definition) is 1. The Balaban J connectivity index is 1.34. The van der Waals surface area contributed by atoms with E-state index in [2.05, 4.69) is 14.9 Å². The maximum absolute atomic E-state index is 13.7. The summed E-state index contributed by atoms with van der Waals surface area (Å²) in [6, 6.07) is 5.88. The van der Waals surface area contributed by atoms with Gasteiger partial charge >= 0.3 is 0 Å². The molecule has 0 aromatic carbocycles. The molecule has 1 saturated heterocycles. The van der Waals surface area contributed by atoms with Crippen LogP contribution in [0.25, 0.3) is 11.0 Å². The molecule has 1 aliphatic heterocycles. The molecule has 0 saturated carbocycles. The largest absolute Gasteiger partial charge is 0.392 e. The molecule has 8 heteroatoms. The third-order valence-corrected chi connectivity index (χ3v) is 6.14. The van der Waals surface area contributed by atoms with Crippen molar-refractivity contribution < 1.29 is 13.9 Å². The van der Waals surface area contributed by atoms with Crippen LogP contribution in [0.2, 0.25) is 0 Å². The van der Waals surface area contributed by atoms with Gasteiger partial charge in [-0.3, -0.25) is 19.7 Å². The molecular weight excluding hydrogens is 402 g/mol. The van der Waals surface area contributed by atoms with Gasteiger partial charge in [0.05, 0.1) is 29.0 Å². The lowest BCUT2D eigenvalue weighted by atomic mass is 9.88. The lowest BCUT2D eigenvalue weighted by Crippen LogP contribution is -2.45. The molecule has 4 rings (SSSR count). The maximum Gasteiger partial charge on any atom is 0.251 e. The van der Waals surface area contributed by atoms with Gasteiger partial charge in [0.15, 0.2) is 0 Å². The monoisotopic (exact) mass is 428 g/mol. The Kier molecular flexibility index (Phi) is 6.38. The average Bonchev–Trinajstić information content (AvgIpc) is 2.74. The van der Waals surface area contributed by atoms with E-state index in [0.29, 0.717) is 42.8 Å². The number of β-amino-alcohol motifs (C(OH)–C–C–N with tert-alkyl or cyclic N) is 1. The molecule has 0 radical (unpaired) electrons. The molecule has 1 N–H and O–H groups in total. The molecule has 1 aliphatic rings. The van der Waals surface area contributed by atoms with Gasteiger partial charge in [-0.2, -0.15) is 0 Å². The Morgan fingerprint density at radius 3 is 2.77 bits per heavy atom. The molecule has 4 heterocycles. The molecule has 3 aromatic heterocycles. The lowest BCUT2D eigenvalue weighted by molar-refractivity contribution is 0.0174. The predicted molar refractivity (Wildman–Crippen MR) is 114 cm³/mol. The van der Waals surface area contributed by atoms with Crippen LogP contribution in [0, 0.1) is 24.5 Å². The molecule has 164 valence electrons.